The number of furan rings is 2. The lowest BCUT2D eigenvalue weighted by molar-refractivity contribution is 0.462. The SMILES string of the molecule is NC(N)=NN=C(c1cc2cccc(O)c2o1)c1cc2cccc(O)c2o1. The van der Waals surface area contributed by atoms with Crippen LogP contribution in [0.3, 0.4) is 0 Å². The highest BCUT2D eigenvalue weighted by molar-refractivity contribution is 6.13. The molecular weight excluding hydrogens is 336 g/mol. The van der Waals surface area contributed by atoms with E-state index in [2.05, 4.69) is 10.2 Å². The molecule has 0 aliphatic rings. The highest BCUT2D eigenvalue weighted by Gasteiger charge is 2.19. The summed E-state index contributed by atoms with van der Waals surface area (Å²) in [6, 6.07) is 13.4. The summed E-state index contributed by atoms with van der Waals surface area (Å²) in [6.07, 6.45) is 0. The second kappa shape index (κ2) is 5.85. The van der Waals surface area contributed by atoms with Crippen LogP contribution in [0.15, 0.2) is 67.6 Å². The van der Waals surface area contributed by atoms with Crippen LogP contribution < -0.4 is 11.5 Å². The smallest absolute Gasteiger partial charge is 0.211 e. The highest BCUT2D eigenvalue weighted by atomic mass is 16.4. The number of rotatable bonds is 3. The number of fused-ring (bicyclic) bond motifs is 2. The first kappa shape index (κ1) is 15.6. The Bertz CT molecular complexity index is 1100. The lowest BCUT2D eigenvalue weighted by Gasteiger charge is -1.98. The van der Waals surface area contributed by atoms with Crippen LogP contribution in [-0.4, -0.2) is 21.9 Å². The first-order valence-corrected chi connectivity index (χ1v) is 7.63. The number of nitrogens with zero attached hydrogens (tertiary/aromatic N) is 2. The molecule has 4 rings (SSSR count). The number of para-hydroxylation sites is 2. The van der Waals surface area contributed by atoms with Gasteiger partial charge in [-0.25, -0.2) is 0 Å². The second-order valence-electron chi connectivity index (χ2n) is 5.59. The molecule has 0 aliphatic carbocycles. The van der Waals surface area contributed by atoms with E-state index in [1.165, 1.54) is 12.1 Å². The molecule has 0 fully saturated rings. The van der Waals surface area contributed by atoms with Gasteiger partial charge in [-0.1, -0.05) is 24.3 Å². The van der Waals surface area contributed by atoms with E-state index >= 15 is 0 Å². The second-order valence-corrected chi connectivity index (χ2v) is 5.59. The summed E-state index contributed by atoms with van der Waals surface area (Å²) in [5.74, 6) is 0.352. The van der Waals surface area contributed by atoms with Gasteiger partial charge in [0.05, 0.1) is 0 Å². The zero-order valence-electron chi connectivity index (χ0n) is 13.4. The fourth-order valence-electron chi connectivity index (χ4n) is 2.66. The van der Waals surface area contributed by atoms with E-state index in [0.717, 1.165) is 0 Å². The molecule has 0 radical (unpaired) electrons. The third-order valence-electron chi connectivity index (χ3n) is 3.78. The van der Waals surface area contributed by atoms with Gasteiger partial charge in [0.15, 0.2) is 39.9 Å². The zero-order chi connectivity index (χ0) is 18.3. The Morgan fingerprint density at radius 2 is 1.27 bits per heavy atom. The van der Waals surface area contributed by atoms with Crippen molar-refractivity contribution in [1.82, 2.24) is 0 Å². The standard InChI is InChI=1S/C18H14N4O4/c19-18(20)22-21-15(13-7-9-3-1-5-11(23)16(9)25-13)14-8-10-4-2-6-12(24)17(10)26-14/h1-8,23-24H,(H4,19,20,22). The van der Waals surface area contributed by atoms with Gasteiger partial charge in [-0.3, -0.25) is 0 Å². The number of phenolic OH excluding ortho intramolecular Hbond substituents is 2. The third kappa shape index (κ3) is 2.59. The van der Waals surface area contributed by atoms with E-state index in [1.54, 1.807) is 36.4 Å². The molecule has 0 aliphatic heterocycles. The molecule has 2 aromatic heterocycles. The van der Waals surface area contributed by atoms with Crippen molar-refractivity contribution >= 4 is 33.6 Å². The van der Waals surface area contributed by atoms with Crippen LogP contribution in [-0.2, 0) is 0 Å². The molecule has 8 nitrogen and oxygen atoms in total. The lowest BCUT2D eigenvalue weighted by atomic mass is 10.2. The number of benzene rings is 2. The highest BCUT2D eigenvalue weighted by Crippen LogP contribution is 2.32. The maximum atomic E-state index is 9.95. The average molecular weight is 350 g/mol. The van der Waals surface area contributed by atoms with Gasteiger partial charge in [-0.05, 0) is 24.3 Å². The maximum absolute atomic E-state index is 9.95. The molecule has 6 N–H and O–H groups in total. The minimum atomic E-state index is -0.236. The average Bonchev–Trinajstić information content (AvgIpc) is 3.21. The van der Waals surface area contributed by atoms with Crippen molar-refractivity contribution < 1.29 is 19.0 Å². The Morgan fingerprint density at radius 1 is 0.769 bits per heavy atom. The van der Waals surface area contributed by atoms with Gasteiger partial charge in [0.2, 0.25) is 5.96 Å². The summed E-state index contributed by atoms with van der Waals surface area (Å²) in [5, 5.41) is 28.9. The molecule has 2 heterocycles. The number of nitrogens with two attached hydrogens (primary N) is 2. The first-order valence-electron chi connectivity index (χ1n) is 7.63. The molecular formula is C18H14N4O4. The summed E-state index contributed by atoms with van der Waals surface area (Å²) in [7, 11) is 0. The summed E-state index contributed by atoms with van der Waals surface area (Å²) in [6.45, 7) is 0. The van der Waals surface area contributed by atoms with Crippen molar-refractivity contribution in [2.24, 2.45) is 21.7 Å². The number of phenols is 2. The molecule has 0 spiro atoms. The van der Waals surface area contributed by atoms with Crippen molar-refractivity contribution in [3.05, 3.63) is 60.1 Å². The van der Waals surface area contributed by atoms with Gasteiger partial charge >= 0.3 is 0 Å². The molecule has 0 saturated carbocycles. The summed E-state index contributed by atoms with van der Waals surface area (Å²) >= 11 is 0. The minimum Gasteiger partial charge on any atom is -0.504 e. The molecule has 0 bridgehead atoms. The van der Waals surface area contributed by atoms with E-state index in [1.807, 2.05) is 0 Å². The number of hydrogen-bond acceptors (Lipinski definition) is 6. The topological polar surface area (TPSA) is 144 Å². The Balaban J connectivity index is 1.94. The molecule has 0 unspecified atom stereocenters. The predicted octanol–water partition coefficient (Wildman–Crippen LogP) is 2.62. The van der Waals surface area contributed by atoms with Crippen molar-refractivity contribution in [2.75, 3.05) is 0 Å². The van der Waals surface area contributed by atoms with Crippen molar-refractivity contribution in [2.45, 2.75) is 0 Å². The van der Waals surface area contributed by atoms with E-state index < -0.39 is 0 Å². The fraction of sp³-hybridized carbons (Fsp3) is 0. The summed E-state index contributed by atoms with van der Waals surface area (Å²) in [4.78, 5) is 0. The van der Waals surface area contributed by atoms with Crippen LogP contribution in [0, 0.1) is 0 Å². The Morgan fingerprint density at radius 3 is 1.69 bits per heavy atom. The fourth-order valence-corrected chi connectivity index (χ4v) is 2.66. The van der Waals surface area contributed by atoms with Crippen LogP contribution in [0.2, 0.25) is 0 Å². The van der Waals surface area contributed by atoms with Crippen LogP contribution in [0.4, 0.5) is 0 Å². The Kier molecular flexibility index (Phi) is 3.51. The van der Waals surface area contributed by atoms with Crippen molar-refractivity contribution in [3.63, 3.8) is 0 Å². The minimum absolute atomic E-state index is 0.00260. The van der Waals surface area contributed by atoms with Gasteiger partial charge < -0.3 is 30.5 Å². The van der Waals surface area contributed by atoms with Gasteiger partial charge in [0.25, 0.3) is 0 Å². The largest absolute Gasteiger partial charge is 0.504 e. The van der Waals surface area contributed by atoms with Gasteiger partial charge in [-0.15, -0.1) is 10.2 Å². The van der Waals surface area contributed by atoms with Crippen molar-refractivity contribution in [1.29, 1.82) is 0 Å². The van der Waals surface area contributed by atoms with Gasteiger partial charge in [0.1, 0.15) is 0 Å². The molecule has 4 aromatic rings. The zero-order valence-corrected chi connectivity index (χ0v) is 13.4. The Hall–Kier alpha value is -3.94. The van der Waals surface area contributed by atoms with Crippen molar-refractivity contribution in [3.8, 4) is 11.5 Å². The lowest BCUT2D eigenvalue weighted by Crippen LogP contribution is -2.22. The van der Waals surface area contributed by atoms with E-state index in [0.29, 0.717) is 33.5 Å². The third-order valence-corrected chi connectivity index (χ3v) is 3.78. The molecule has 0 amide bonds. The van der Waals surface area contributed by atoms with E-state index in [-0.39, 0.29) is 23.2 Å². The normalized spacial score (nSPS) is 10.9. The van der Waals surface area contributed by atoms with Crippen LogP contribution >= 0.6 is 0 Å². The molecule has 0 atom stereocenters. The van der Waals surface area contributed by atoms with Crippen LogP contribution in [0.1, 0.15) is 11.5 Å². The molecule has 8 heteroatoms. The van der Waals surface area contributed by atoms with Gasteiger partial charge in [0, 0.05) is 10.8 Å². The summed E-state index contributed by atoms with van der Waals surface area (Å²) in [5.41, 5.74) is 11.6. The number of hydrogen-bond donors (Lipinski definition) is 4. The quantitative estimate of drug-likeness (QED) is 0.254. The molecule has 130 valence electrons. The monoisotopic (exact) mass is 350 g/mol. The molecule has 0 saturated heterocycles. The van der Waals surface area contributed by atoms with E-state index in [9.17, 15) is 10.2 Å². The predicted molar refractivity (Wildman–Crippen MR) is 97.2 cm³/mol. The molecule has 2 aromatic carbocycles. The summed E-state index contributed by atoms with van der Waals surface area (Å²) < 4.78 is 11.4. The number of guanidine groups is 1. The maximum Gasteiger partial charge on any atom is 0.211 e. The first-order chi connectivity index (χ1) is 12.5. The van der Waals surface area contributed by atoms with Crippen LogP contribution in [0.5, 0.6) is 11.5 Å². The Labute approximate surface area is 146 Å². The van der Waals surface area contributed by atoms with E-state index in [4.69, 9.17) is 20.3 Å². The van der Waals surface area contributed by atoms with Crippen LogP contribution in [0.25, 0.3) is 21.9 Å². The van der Waals surface area contributed by atoms with Gasteiger partial charge in [-0.2, -0.15) is 0 Å². The molecule has 26 heavy (non-hydrogen) atoms. The number of aromatic hydroxyl groups is 2.